The molecule has 0 N–H and O–H groups in total. The summed E-state index contributed by atoms with van der Waals surface area (Å²) in [6.07, 6.45) is 1.28. The third kappa shape index (κ3) is 2.91. The maximum atomic E-state index is 12.4. The summed E-state index contributed by atoms with van der Waals surface area (Å²) in [5.41, 5.74) is 2.65. The molecule has 4 nitrogen and oxygen atoms in total. The monoisotopic (exact) mass is 316 g/mol. The average Bonchev–Trinajstić information content (AvgIpc) is 2.74. The predicted molar refractivity (Wildman–Crippen MR) is 78.6 cm³/mol. The molecule has 0 bridgehead atoms. The van der Waals surface area contributed by atoms with Crippen molar-refractivity contribution in [3.63, 3.8) is 0 Å². The first-order chi connectivity index (χ1) is 8.80. The van der Waals surface area contributed by atoms with Crippen LogP contribution in [0.4, 0.5) is 5.69 Å². The Morgan fingerprint density at radius 1 is 1.21 bits per heavy atom. The van der Waals surface area contributed by atoms with Crippen LogP contribution in [0.15, 0.2) is 28.6 Å². The Morgan fingerprint density at radius 3 is 2.26 bits per heavy atom. The lowest BCUT2D eigenvalue weighted by atomic mass is 10.1. The molecule has 2 aromatic rings. The summed E-state index contributed by atoms with van der Waals surface area (Å²) >= 11 is 6.64. The highest BCUT2D eigenvalue weighted by Gasteiger charge is 2.24. The summed E-state index contributed by atoms with van der Waals surface area (Å²) < 4.78 is 26.4. The van der Waals surface area contributed by atoms with Crippen molar-refractivity contribution in [3.05, 3.63) is 40.0 Å². The van der Waals surface area contributed by atoms with Gasteiger partial charge in [0.1, 0.15) is 0 Å². The minimum absolute atomic E-state index is 0.138. The number of sulfonamides is 1. The molecule has 0 aliphatic carbocycles. The van der Waals surface area contributed by atoms with Crippen LogP contribution in [0.2, 0.25) is 4.47 Å². The molecule has 0 saturated carbocycles. The summed E-state index contributed by atoms with van der Waals surface area (Å²) in [5, 5.41) is 0. The lowest BCUT2D eigenvalue weighted by Gasteiger charge is -2.19. The maximum absolute atomic E-state index is 12.4. The van der Waals surface area contributed by atoms with Crippen molar-refractivity contribution in [2.45, 2.75) is 18.1 Å². The molecule has 102 valence electrons. The first-order valence-electron chi connectivity index (χ1n) is 5.49. The second kappa shape index (κ2) is 5.11. The number of halogens is 1. The molecule has 0 aliphatic rings. The van der Waals surface area contributed by atoms with Crippen LogP contribution < -0.4 is 4.31 Å². The Bertz CT molecular complexity index is 690. The Labute approximate surface area is 121 Å². The van der Waals surface area contributed by atoms with E-state index in [0.29, 0.717) is 5.69 Å². The van der Waals surface area contributed by atoms with Crippen molar-refractivity contribution in [2.75, 3.05) is 11.4 Å². The summed E-state index contributed by atoms with van der Waals surface area (Å²) in [7, 11) is -2.07. The first-order valence-corrected chi connectivity index (χ1v) is 8.13. The molecule has 0 atom stereocenters. The maximum Gasteiger partial charge on any atom is 0.275 e. The summed E-state index contributed by atoms with van der Waals surface area (Å²) in [5.74, 6) is 0. The molecule has 1 aromatic carbocycles. The SMILES string of the molecule is Cc1cc(C)cc(N(C)S(=O)(=O)c2cnc(Cl)s2)c1. The number of thiazole rings is 1. The van der Waals surface area contributed by atoms with Crippen LogP contribution in [0.25, 0.3) is 0 Å². The van der Waals surface area contributed by atoms with Crippen LogP contribution in [0, 0.1) is 13.8 Å². The van der Waals surface area contributed by atoms with Crippen LogP contribution in [-0.2, 0) is 10.0 Å². The van der Waals surface area contributed by atoms with Gasteiger partial charge in [0.25, 0.3) is 10.0 Å². The van der Waals surface area contributed by atoms with Gasteiger partial charge < -0.3 is 0 Å². The fraction of sp³-hybridized carbons (Fsp3) is 0.250. The third-order valence-corrected chi connectivity index (χ3v) is 5.98. The zero-order chi connectivity index (χ0) is 14.2. The molecular formula is C12H13ClN2O2S2. The van der Waals surface area contributed by atoms with Gasteiger partial charge in [-0.15, -0.1) is 0 Å². The number of rotatable bonds is 3. The van der Waals surface area contributed by atoms with Gasteiger partial charge in [-0.1, -0.05) is 29.0 Å². The summed E-state index contributed by atoms with van der Waals surface area (Å²) in [4.78, 5) is 3.77. The zero-order valence-electron chi connectivity index (χ0n) is 10.7. The van der Waals surface area contributed by atoms with Crippen LogP contribution in [-0.4, -0.2) is 20.4 Å². The fourth-order valence-electron chi connectivity index (χ4n) is 1.76. The number of benzene rings is 1. The van der Waals surface area contributed by atoms with Crippen LogP contribution >= 0.6 is 22.9 Å². The lowest BCUT2D eigenvalue weighted by Crippen LogP contribution is -2.25. The van der Waals surface area contributed by atoms with E-state index in [-0.39, 0.29) is 8.68 Å². The highest BCUT2D eigenvalue weighted by atomic mass is 35.5. The van der Waals surface area contributed by atoms with Crippen molar-refractivity contribution >= 4 is 38.6 Å². The lowest BCUT2D eigenvalue weighted by molar-refractivity contribution is 0.596. The Balaban J connectivity index is 2.46. The van der Waals surface area contributed by atoms with Crippen molar-refractivity contribution in [1.29, 1.82) is 0 Å². The second-order valence-corrected chi connectivity index (χ2v) is 8.06. The second-order valence-electron chi connectivity index (χ2n) is 4.25. The number of aromatic nitrogens is 1. The molecule has 0 unspecified atom stereocenters. The largest absolute Gasteiger partial charge is 0.275 e. The van der Waals surface area contributed by atoms with Crippen LogP contribution in [0.1, 0.15) is 11.1 Å². The molecule has 0 aliphatic heterocycles. The van der Waals surface area contributed by atoms with Gasteiger partial charge in [0, 0.05) is 7.05 Å². The Hall–Kier alpha value is -1.11. The van der Waals surface area contributed by atoms with E-state index in [9.17, 15) is 8.42 Å². The molecule has 19 heavy (non-hydrogen) atoms. The summed E-state index contributed by atoms with van der Waals surface area (Å²) in [6.45, 7) is 3.86. The predicted octanol–water partition coefficient (Wildman–Crippen LogP) is 3.24. The van der Waals surface area contributed by atoms with E-state index in [1.165, 1.54) is 17.5 Å². The standard InChI is InChI=1S/C12H13ClN2O2S2/c1-8-4-9(2)6-10(5-8)15(3)19(16,17)11-7-14-12(13)18-11/h4-7H,1-3H3. The molecule has 0 fully saturated rings. The minimum atomic E-state index is -3.60. The topological polar surface area (TPSA) is 50.3 Å². The van der Waals surface area contributed by atoms with Gasteiger partial charge in [0.15, 0.2) is 8.68 Å². The quantitative estimate of drug-likeness (QED) is 0.873. The third-order valence-electron chi connectivity index (χ3n) is 2.64. The van der Waals surface area contributed by atoms with Gasteiger partial charge in [-0.2, -0.15) is 0 Å². The molecule has 1 aromatic heterocycles. The Kier molecular flexibility index (Phi) is 3.85. The zero-order valence-corrected chi connectivity index (χ0v) is 13.1. The number of aryl methyl sites for hydroxylation is 2. The van der Waals surface area contributed by atoms with Gasteiger partial charge >= 0.3 is 0 Å². The highest BCUT2D eigenvalue weighted by molar-refractivity contribution is 7.94. The number of nitrogens with zero attached hydrogens (tertiary/aromatic N) is 2. The molecule has 1 heterocycles. The van der Waals surface area contributed by atoms with Crippen molar-refractivity contribution in [2.24, 2.45) is 0 Å². The molecule has 0 spiro atoms. The summed E-state index contributed by atoms with van der Waals surface area (Å²) in [6, 6.07) is 5.65. The smallest absolute Gasteiger partial charge is 0.269 e. The van der Waals surface area contributed by atoms with E-state index in [1.54, 1.807) is 0 Å². The minimum Gasteiger partial charge on any atom is -0.269 e. The van der Waals surface area contributed by atoms with E-state index in [0.717, 1.165) is 22.5 Å². The highest BCUT2D eigenvalue weighted by Crippen LogP contribution is 2.28. The number of hydrogen-bond acceptors (Lipinski definition) is 4. The van der Waals surface area contributed by atoms with Crippen LogP contribution in [0.3, 0.4) is 0 Å². The molecule has 0 saturated heterocycles. The van der Waals surface area contributed by atoms with E-state index in [4.69, 9.17) is 11.6 Å². The molecule has 0 radical (unpaired) electrons. The van der Waals surface area contributed by atoms with Gasteiger partial charge in [0.2, 0.25) is 0 Å². The van der Waals surface area contributed by atoms with E-state index in [2.05, 4.69) is 4.98 Å². The molecule has 0 amide bonds. The molecular weight excluding hydrogens is 304 g/mol. The van der Waals surface area contributed by atoms with Gasteiger partial charge in [-0.25, -0.2) is 13.4 Å². The van der Waals surface area contributed by atoms with Gasteiger partial charge in [-0.3, -0.25) is 4.31 Å². The Morgan fingerprint density at radius 2 is 1.79 bits per heavy atom. The number of hydrogen-bond donors (Lipinski definition) is 0. The first kappa shape index (κ1) is 14.3. The van der Waals surface area contributed by atoms with Gasteiger partial charge in [0.05, 0.1) is 11.9 Å². The average molecular weight is 317 g/mol. The van der Waals surface area contributed by atoms with Crippen molar-refractivity contribution in [1.82, 2.24) is 4.98 Å². The molecule has 7 heteroatoms. The van der Waals surface area contributed by atoms with E-state index >= 15 is 0 Å². The normalized spacial score (nSPS) is 11.6. The van der Waals surface area contributed by atoms with Crippen LogP contribution in [0.5, 0.6) is 0 Å². The van der Waals surface area contributed by atoms with Crippen molar-refractivity contribution < 1.29 is 8.42 Å². The van der Waals surface area contributed by atoms with E-state index in [1.807, 2.05) is 32.0 Å². The number of anilines is 1. The van der Waals surface area contributed by atoms with Crippen molar-refractivity contribution in [3.8, 4) is 0 Å². The fourth-order valence-corrected chi connectivity index (χ4v) is 4.41. The van der Waals surface area contributed by atoms with E-state index < -0.39 is 10.0 Å². The molecule has 2 rings (SSSR count). The van der Waals surface area contributed by atoms with Gasteiger partial charge in [-0.05, 0) is 37.1 Å².